The first kappa shape index (κ1) is 11.6. The summed E-state index contributed by atoms with van der Waals surface area (Å²) < 4.78 is 7.09. The molecule has 0 unspecified atom stereocenters. The predicted octanol–water partition coefficient (Wildman–Crippen LogP) is 4.28. The minimum Gasteiger partial charge on any atom is -0.496 e. The molecule has 0 aliphatic heterocycles. The van der Waals surface area contributed by atoms with Gasteiger partial charge in [0.25, 0.3) is 0 Å². The van der Waals surface area contributed by atoms with Gasteiger partial charge in [-0.1, -0.05) is 18.2 Å². The van der Waals surface area contributed by atoms with Gasteiger partial charge in [0.05, 0.1) is 7.11 Å². The largest absolute Gasteiger partial charge is 0.496 e. The summed E-state index contributed by atoms with van der Waals surface area (Å²) in [6.07, 6.45) is 1.77. The van der Waals surface area contributed by atoms with Crippen molar-refractivity contribution in [2.75, 3.05) is 7.11 Å². The maximum absolute atomic E-state index is 5.34. The minimum absolute atomic E-state index is 0.802. The van der Waals surface area contributed by atoms with Crippen LogP contribution >= 0.6 is 31.9 Å². The van der Waals surface area contributed by atoms with Crippen molar-refractivity contribution in [2.45, 2.75) is 0 Å². The van der Waals surface area contributed by atoms with Crippen LogP contribution in [-0.2, 0) is 0 Å². The Morgan fingerprint density at radius 2 is 1.88 bits per heavy atom. The molecule has 0 bridgehead atoms. The molecule has 0 aliphatic rings. The number of pyridine rings is 1. The van der Waals surface area contributed by atoms with Gasteiger partial charge in [0.15, 0.2) is 0 Å². The molecule has 0 radical (unpaired) electrons. The van der Waals surface area contributed by atoms with E-state index in [0.717, 1.165) is 26.0 Å². The standard InChI is InChI=1S/C12H9Br2NO/c1-16-11-5-3-2-4-8(11)9-6-12(14)15-7-10(9)13/h2-7H,1H3. The van der Waals surface area contributed by atoms with E-state index >= 15 is 0 Å². The second-order valence-electron chi connectivity index (χ2n) is 3.19. The van der Waals surface area contributed by atoms with Gasteiger partial charge in [-0.3, -0.25) is 0 Å². The molecule has 0 atom stereocenters. The quantitative estimate of drug-likeness (QED) is 0.760. The summed E-state index contributed by atoms with van der Waals surface area (Å²) in [6.45, 7) is 0. The molecule has 1 heterocycles. The maximum atomic E-state index is 5.34. The number of para-hydroxylation sites is 1. The van der Waals surface area contributed by atoms with E-state index in [1.54, 1.807) is 13.3 Å². The lowest BCUT2D eigenvalue weighted by molar-refractivity contribution is 0.416. The zero-order valence-corrected chi connectivity index (χ0v) is 11.7. The van der Waals surface area contributed by atoms with Crippen LogP contribution in [0.5, 0.6) is 5.75 Å². The van der Waals surface area contributed by atoms with Gasteiger partial charge in [0.2, 0.25) is 0 Å². The van der Waals surface area contributed by atoms with Gasteiger partial charge in [-0.05, 0) is 44.0 Å². The molecule has 16 heavy (non-hydrogen) atoms. The second kappa shape index (κ2) is 4.97. The van der Waals surface area contributed by atoms with Crippen LogP contribution in [0.15, 0.2) is 45.6 Å². The third kappa shape index (κ3) is 2.28. The number of benzene rings is 1. The average molecular weight is 343 g/mol. The fraction of sp³-hybridized carbons (Fsp3) is 0.0833. The summed E-state index contributed by atoms with van der Waals surface area (Å²) in [4.78, 5) is 4.15. The summed E-state index contributed by atoms with van der Waals surface area (Å²) in [5.74, 6) is 0.848. The van der Waals surface area contributed by atoms with E-state index in [0.29, 0.717) is 0 Å². The van der Waals surface area contributed by atoms with E-state index in [2.05, 4.69) is 36.8 Å². The number of hydrogen-bond donors (Lipinski definition) is 0. The molecule has 82 valence electrons. The molecule has 1 aromatic heterocycles. The highest BCUT2D eigenvalue weighted by Gasteiger charge is 2.09. The van der Waals surface area contributed by atoms with Crippen molar-refractivity contribution in [1.29, 1.82) is 0 Å². The lowest BCUT2D eigenvalue weighted by atomic mass is 10.1. The Bertz CT molecular complexity index is 514. The number of nitrogens with zero attached hydrogens (tertiary/aromatic N) is 1. The van der Waals surface area contributed by atoms with Crippen LogP contribution in [0.3, 0.4) is 0 Å². The zero-order chi connectivity index (χ0) is 11.5. The summed E-state index contributed by atoms with van der Waals surface area (Å²) >= 11 is 6.86. The van der Waals surface area contributed by atoms with Crippen molar-refractivity contribution in [3.8, 4) is 16.9 Å². The lowest BCUT2D eigenvalue weighted by Gasteiger charge is -2.09. The Morgan fingerprint density at radius 1 is 1.12 bits per heavy atom. The van der Waals surface area contributed by atoms with Crippen molar-refractivity contribution in [2.24, 2.45) is 0 Å². The predicted molar refractivity (Wildman–Crippen MR) is 71.6 cm³/mol. The fourth-order valence-corrected chi connectivity index (χ4v) is 2.25. The van der Waals surface area contributed by atoms with Crippen LogP contribution in [0.4, 0.5) is 0 Å². The third-order valence-corrected chi connectivity index (χ3v) is 3.28. The molecule has 0 amide bonds. The second-order valence-corrected chi connectivity index (χ2v) is 4.85. The van der Waals surface area contributed by atoms with Gasteiger partial charge >= 0.3 is 0 Å². The van der Waals surface area contributed by atoms with E-state index in [4.69, 9.17) is 4.74 Å². The van der Waals surface area contributed by atoms with Gasteiger partial charge in [-0.25, -0.2) is 4.98 Å². The minimum atomic E-state index is 0.802. The van der Waals surface area contributed by atoms with Crippen molar-refractivity contribution < 1.29 is 4.74 Å². The monoisotopic (exact) mass is 341 g/mol. The van der Waals surface area contributed by atoms with E-state index in [1.807, 2.05) is 30.3 Å². The normalized spacial score (nSPS) is 10.2. The first-order valence-electron chi connectivity index (χ1n) is 4.67. The molecule has 0 N–H and O–H groups in total. The van der Waals surface area contributed by atoms with E-state index < -0.39 is 0 Å². The molecule has 2 nitrogen and oxygen atoms in total. The van der Waals surface area contributed by atoms with E-state index in [1.165, 1.54) is 0 Å². The Labute approximate surface area is 111 Å². The summed E-state index contributed by atoms with van der Waals surface area (Å²) in [7, 11) is 1.67. The van der Waals surface area contributed by atoms with Crippen LogP contribution in [-0.4, -0.2) is 12.1 Å². The molecule has 2 aromatic rings. The maximum Gasteiger partial charge on any atom is 0.126 e. The third-order valence-electron chi connectivity index (χ3n) is 2.22. The number of methoxy groups -OCH3 is 1. The Hall–Kier alpha value is -0.870. The van der Waals surface area contributed by atoms with Crippen LogP contribution in [0, 0.1) is 0 Å². The molecule has 0 saturated carbocycles. The topological polar surface area (TPSA) is 22.1 Å². The molecule has 0 saturated heterocycles. The zero-order valence-electron chi connectivity index (χ0n) is 8.58. The van der Waals surface area contributed by atoms with Gasteiger partial charge in [0.1, 0.15) is 10.4 Å². The molecular formula is C12H9Br2NO. The van der Waals surface area contributed by atoms with E-state index in [-0.39, 0.29) is 0 Å². The van der Waals surface area contributed by atoms with Crippen molar-refractivity contribution in [1.82, 2.24) is 4.98 Å². The van der Waals surface area contributed by atoms with Crippen LogP contribution < -0.4 is 4.74 Å². The number of aromatic nitrogens is 1. The van der Waals surface area contributed by atoms with Crippen LogP contribution in [0.1, 0.15) is 0 Å². The highest BCUT2D eigenvalue weighted by Crippen LogP contribution is 2.35. The van der Waals surface area contributed by atoms with Gasteiger partial charge in [0, 0.05) is 21.8 Å². The summed E-state index contributed by atoms with van der Waals surface area (Å²) in [5.41, 5.74) is 2.10. The van der Waals surface area contributed by atoms with Crippen molar-refractivity contribution in [3.05, 3.63) is 45.6 Å². The number of ether oxygens (including phenoxy) is 1. The van der Waals surface area contributed by atoms with Crippen molar-refractivity contribution >= 4 is 31.9 Å². The lowest BCUT2D eigenvalue weighted by Crippen LogP contribution is -1.89. The first-order chi connectivity index (χ1) is 7.72. The first-order valence-corrected chi connectivity index (χ1v) is 6.25. The summed E-state index contributed by atoms with van der Waals surface area (Å²) in [5, 5.41) is 0. The Balaban J connectivity index is 2.62. The molecule has 0 fully saturated rings. The molecule has 0 spiro atoms. The Morgan fingerprint density at radius 3 is 2.62 bits per heavy atom. The smallest absolute Gasteiger partial charge is 0.126 e. The van der Waals surface area contributed by atoms with Gasteiger partial charge in [-0.2, -0.15) is 0 Å². The molecular weight excluding hydrogens is 334 g/mol. The molecule has 1 aromatic carbocycles. The van der Waals surface area contributed by atoms with Gasteiger partial charge < -0.3 is 4.74 Å². The van der Waals surface area contributed by atoms with Gasteiger partial charge in [-0.15, -0.1) is 0 Å². The van der Waals surface area contributed by atoms with Crippen molar-refractivity contribution in [3.63, 3.8) is 0 Å². The molecule has 4 heteroatoms. The summed E-state index contributed by atoms with van der Waals surface area (Å²) in [6, 6.07) is 9.86. The average Bonchev–Trinajstić information content (AvgIpc) is 2.32. The Kier molecular flexibility index (Phi) is 3.61. The SMILES string of the molecule is COc1ccccc1-c1cc(Br)ncc1Br. The van der Waals surface area contributed by atoms with Crippen LogP contribution in [0.2, 0.25) is 0 Å². The fourth-order valence-electron chi connectivity index (χ4n) is 1.49. The van der Waals surface area contributed by atoms with Crippen LogP contribution in [0.25, 0.3) is 11.1 Å². The molecule has 0 aliphatic carbocycles. The highest BCUT2D eigenvalue weighted by atomic mass is 79.9. The van der Waals surface area contributed by atoms with E-state index in [9.17, 15) is 0 Å². The molecule has 2 rings (SSSR count). The number of halogens is 2. The number of hydrogen-bond acceptors (Lipinski definition) is 2. The number of rotatable bonds is 2. The highest BCUT2D eigenvalue weighted by molar-refractivity contribution is 9.11.